The van der Waals surface area contributed by atoms with E-state index in [0.29, 0.717) is 40.9 Å². The van der Waals surface area contributed by atoms with Crippen LogP contribution in [0.1, 0.15) is 27.9 Å². The number of hydrogen-bond donors (Lipinski definition) is 4. The molecule has 8 nitrogen and oxygen atoms in total. The molecule has 0 aliphatic heterocycles. The summed E-state index contributed by atoms with van der Waals surface area (Å²) in [6, 6.07) is 20.9. The Kier molecular flexibility index (Phi) is 12.4. The van der Waals surface area contributed by atoms with Gasteiger partial charge in [0.25, 0.3) is 5.91 Å². The third-order valence-corrected chi connectivity index (χ3v) is 7.20. The molecule has 0 aromatic heterocycles. The van der Waals surface area contributed by atoms with Crippen molar-refractivity contribution in [1.29, 1.82) is 0 Å². The van der Waals surface area contributed by atoms with Gasteiger partial charge >= 0.3 is 0 Å². The van der Waals surface area contributed by atoms with Crippen LogP contribution in [0.5, 0.6) is 17.2 Å². The minimum atomic E-state index is -0.127. The lowest BCUT2D eigenvalue weighted by atomic mass is 10.0. The Morgan fingerprint density at radius 3 is 2.17 bits per heavy atom. The van der Waals surface area contributed by atoms with Crippen LogP contribution >= 0.6 is 11.8 Å². The van der Waals surface area contributed by atoms with Gasteiger partial charge in [0.1, 0.15) is 0 Å². The number of nitrogens with two attached hydrogens (primary N) is 2. The molecule has 0 bridgehead atoms. The van der Waals surface area contributed by atoms with Crippen LogP contribution in [0.2, 0.25) is 0 Å². The fourth-order valence-electron chi connectivity index (χ4n) is 4.12. The predicted octanol–water partition coefficient (Wildman–Crippen LogP) is 5.53. The van der Waals surface area contributed by atoms with Crippen LogP contribution in [-0.2, 0) is 6.54 Å². The molecular weight excluding hydrogens is 536 g/mol. The van der Waals surface area contributed by atoms with Crippen molar-refractivity contribution in [3.63, 3.8) is 0 Å². The predicted molar refractivity (Wildman–Crippen MR) is 169 cm³/mol. The van der Waals surface area contributed by atoms with Crippen molar-refractivity contribution in [2.24, 2.45) is 11.5 Å². The molecule has 0 fully saturated rings. The summed E-state index contributed by atoms with van der Waals surface area (Å²) in [4.78, 5) is 13.5. The average molecular weight is 575 g/mol. The van der Waals surface area contributed by atoms with Crippen molar-refractivity contribution in [2.45, 2.75) is 13.0 Å². The van der Waals surface area contributed by atoms with E-state index in [2.05, 4.69) is 28.5 Å². The largest absolute Gasteiger partial charge is 0.493 e. The second-order valence-corrected chi connectivity index (χ2v) is 9.73. The Balaban J connectivity index is 0.00000226. The molecule has 1 aliphatic carbocycles. The highest BCUT2D eigenvalue weighted by Gasteiger charge is 2.16. The van der Waals surface area contributed by atoms with Crippen LogP contribution < -0.4 is 36.3 Å². The van der Waals surface area contributed by atoms with Gasteiger partial charge in [-0.05, 0) is 72.6 Å². The number of methoxy groups -OCH3 is 3. The molecule has 0 radical (unpaired) electrons. The summed E-state index contributed by atoms with van der Waals surface area (Å²) in [5, 5.41) is 6.34. The molecular formula is C32H38N4O4S. The van der Waals surface area contributed by atoms with E-state index in [1.807, 2.05) is 72.8 Å². The second kappa shape index (κ2) is 16.2. The Morgan fingerprint density at radius 2 is 1.56 bits per heavy atom. The van der Waals surface area contributed by atoms with Gasteiger partial charge in [-0.25, -0.2) is 0 Å². The number of rotatable bonds is 11. The minimum Gasteiger partial charge on any atom is -0.493 e. The molecule has 0 atom stereocenters. The summed E-state index contributed by atoms with van der Waals surface area (Å²) < 4.78 is 16.4. The third kappa shape index (κ3) is 8.65. The second-order valence-electron chi connectivity index (χ2n) is 8.71. The van der Waals surface area contributed by atoms with E-state index in [1.165, 1.54) is 7.05 Å². The van der Waals surface area contributed by atoms with Gasteiger partial charge in [-0.1, -0.05) is 42.5 Å². The molecule has 3 aromatic carbocycles. The number of hydrogen-bond acceptors (Lipinski definition) is 8. The van der Waals surface area contributed by atoms with E-state index in [1.54, 1.807) is 33.1 Å². The first-order valence-corrected chi connectivity index (χ1v) is 14.1. The lowest BCUT2D eigenvalue weighted by molar-refractivity contribution is 0.102. The monoisotopic (exact) mass is 574 g/mol. The smallest absolute Gasteiger partial charge is 0.255 e. The van der Waals surface area contributed by atoms with Crippen molar-refractivity contribution in [2.75, 3.05) is 39.6 Å². The number of anilines is 1. The topological polar surface area (TPSA) is 121 Å². The highest BCUT2D eigenvalue weighted by atomic mass is 32.2. The van der Waals surface area contributed by atoms with Gasteiger partial charge in [-0.15, -0.1) is 11.8 Å². The first kappa shape index (κ1) is 31.3. The fourth-order valence-corrected chi connectivity index (χ4v) is 4.92. The number of thioether (sulfide) groups is 1. The maximum absolute atomic E-state index is 12.5. The molecule has 4 rings (SSSR count). The molecule has 9 heteroatoms. The van der Waals surface area contributed by atoms with Crippen molar-refractivity contribution in [3.8, 4) is 17.2 Å². The molecule has 0 unspecified atom stereocenters. The molecule has 0 heterocycles. The van der Waals surface area contributed by atoms with Crippen LogP contribution in [0.25, 0.3) is 5.57 Å². The first-order chi connectivity index (χ1) is 20.0. The minimum absolute atomic E-state index is 0.127. The molecule has 1 aliphatic rings. The number of para-hydroxylation sites is 1. The van der Waals surface area contributed by atoms with E-state index < -0.39 is 0 Å². The molecule has 3 aromatic rings. The van der Waals surface area contributed by atoms with E-state index in [-0.39, 0.29) is 5.91 Å². The Hall–Kier alpha value is -4.18. The molecule has 41 heavy (non-hydrogen) atoms. The highest BCUT2D eigenvalue weighted by molar-refractivity contribution is 8.03. The SMILES string of the molecule is CN.COc1cc(C2=CCC=C(SCNCc3ccc(C(=O)Nc4ccccc4)cc3)C(N)=C2)cc(OC)c1OC. The zero-order valence-corrected chi connectivity index (χ0v) is 24.7. The van der Waals surface area contributed by atoms with Crippen LogP contribution in [0, 0.1) is 0 Å². The Bertz CT molecular complexity index is 1360. The van der Waals surface area contributed by atoms with Gasteiger partial charge in [0.2, 0.25) is 5.75 Å². The van der Waals surface area contributed by atoms with E-state index in [4.69, 9.17) is 19.9 Å². The summed E-state index contributed by atoms with van der Waals surface area (Å²) >= 11 is 1.66. The van der Waals surface area contributed by atoms with Gasteiger partial charge in [0.15, 0.2) is 11.5 Å². The number of carbonyl (C=O) groups is 1. The lowest BCUT2D eigenvalue weighted by Crippen LogP contribution is -2.14. The molecule has 216 valence electrons. The number of ether oxygens (including phenoxy) is 3. The van der Waals surface area contributed by atoms with E-state index >= 15 is 0 Å². The van der Waals surface area contributed by atoms with Gasteiger partial charge in [-0.3, -0.25) is 4.79 Å². The zero-order valence-electron chi connectivity index (χ0n) is 23.9. The summed E-state index contributed by atoms with van der Waals surface area (Å²) in [6.07, 6.45) is 6.98. The number of carbonyl (C=O) groups excluding carboxylic acids is 1. The number of benzene rings is 3. The number of amides is 1. The zero-order chi connectivity index (χ0) is 29.6. The van der Waals surface area contributed by atoms with Crippen LogP contribution in [0.4, 0.5) is 5.69 Å². The van der Waals surface area contributed by atoms with E-state index in [0.717, 1.165) is 33.7 Å². The maximum atomic E-state index is 12.5. The van der Waals surface area contributed by atoms with Crippen LogP contribution in [0.15, 0.2) is 95.6 Å². The van der Waals surface area contributed by atoms with Gasteiger partial charge in [-0.2, -0.15) is 0 Å². The Labute approximate surface area is 246 Å². The van der Waals surface area contributed by atoms with Crippen molar-refractivity contribution in [3.05, 3.63) is 112 Å². The first-order valence-electron chi connectivity index (χ1n) is 13.1. The quantitative estimate of drug-likeness (QED) is 0.174. The molecule has 1 amide bonds. The fraction of sp³-hybridized carbons (Fsp3) is 0.219. The van der Waals surface area contributed by atoms with Gasteiger partial charge < -0.3 is 36.3 Å². The van der Waals surface area contributed by atoms with Crippen LogP contribution in [-0.4, -0.2) is 40.2 Å². The summed E-state index contributed by atoms with van der Waals surface area (Å²) in [7, 11) is 6.30. The van der Waals surface area contributed by atoms with Crippen molar-refractivity contribution in [1.82, 2.24) is 5.32 Å². The lowest BCUT2D eigenvalue weighted by Gasteiger charge is -2.15. The van der Waals surface area contributed by atoms with Gasteiger partial charge in [0.05, 0.1) is 21.3 Å². The highest BCUT2D eigenvalue weighted by Crippen LogP contribution is 2.41. The van der Waals surface area contributed by atoms with Crippen molar-refractivity contribution < 1.29 is 19.0 Å². The maximum Gasteiger partial charge on any atom is 0.255 e. The van der Waals surface area contributed by atoms with Crippen LogP contribution in [0.3, 0.4) is 0 Å². The number of allylic oxidation sites excluding steroid dienone is 4. The molecule has 0 saturated heterocycles. The molecule has 6 N–H and O–H groups in total. The normalized spacial score (nSPS) is 12.5. The number of nitrogens with one attached hydrogen (secondary N) is 2. The van der Waals surface area contributed by atoms with Gasteiger partial charge in [0, 0.05) is 34.3 Å². The summed E-state index contributed by atoms with van der Waals surface area (Å²) in [6.45, 7) is 0.680. The average Bonchev–Trinajstić information content (AvgIpc) is 3.21. The third-order valence-electron chi connectivity index (χ3n) is 6.14. The standard InChI is InChI=1S/C31H33N3O4S.CH5N/c1-36-27-17-24(18-28(37-2)30(27)38-3)23-8-7-11-29(26(32)16-23)39-20-33-19-21-12-14-22(15-13-21)31(35)34-25-9-5-4-6-10-25;1-2/h4-6,8-18,33H,7,19-20,32H2,1-3H3,(H,34,35);2H2,1H3. The molecule has 0 spiro atoms. The summed E-state index contributed by atoms with van der Waals surface area (Å²) in [5.41, 5.74) is 16.1. The molecule has 0 saturated carbocycles. The Morgan fingerprint density at radius 1 is 0.902 bits per heavy atom. The van der Waals surface area contributed by atoms with Crippen molar-refractivity contribution >= 4 is 28.9 Å². The summed E-state index contributed by atoms with van der Waals surface area (Å²) in [5.74, 6) is 2.32. The van der Waals surface area contributed by atoms with E-state index in [9.17, 15) is 4.79 Å².